The number of para-hydroxylation sites is 1. The molecule has 6 heteroatoms. The monoisotopic (exact) mass is 363 g/mol. The lowest BCUT2D eigenvalue weighted by Crippen LogP contribution is -2.30. The van der Waals surface area contributed by atoms with Gasteiger partial charge in [0.25, 0.3) is 5.91 Å². The van der Waals surface area contributed by atoms with Crippen LogP contribution in [0.5, 0.6) is 11.5 Å². The lowest BCUT2D eigenvalue weighted by Gasteiger charge is -2.26. The van der Waals surface area contributed by atoms with E-state index in [2.05, 4.69) is 0 Å². The molecule has 0 radical (unpaired) electrons. The van der Waals surface area contributed by atoms with E-state index in [4.69, 9.17) is 21.1 Å². The molecule has 0 saturated carbocycles. The van der Waals surface area contributed by atoms with Crippen molar-refractivity contribution in [2.24, 2.45) is 0 Å². The number of rotatable bonds is 4. The first-order chi connectivity index (χ1) is 11.7. The number of nitrogens with zero attached hydrogens (tertiary/aromatic N) is 1. The fourth-order valence-corrected chi connectivity index (χ4v) is 4.29. The number of hydrogen-bond acceptors (Lipinski definition) is 4. The summed E-state index contributed by atoms with van der Waals surface area (Å²) in [5.74, 6) is 2.18. The Balaban J connectivity index is 1.95. The first kappa shape index (κ1) is 17.0. The predicted molar refractivity (Wildman–Crippen MR) is 97.2 cm³/mol. The van der Waals surface area contributed by atoms with E-state index in [1.807, 2.05) is 23.1 Å². The van der Waals surface area contributed by atoms with Gasteiger partial charge in [0.15, 0.2) is 11.5 Å². The molecular formula is C18H18ClNO3S. The van der Waals surface area contributed by atoms with Crippen molar-refractivity contribution in [3.63, 3.8) is 0 Å². The molecule has 1 amide bonds. The Labute approximate surface area is 150 Å². The maximum Gasteiger partial charge on any atom is 0.255 e. The lowest BCUT2D eigenvalue weighted by atomic mass is 10.1. The van der Waals surface area contributed by atoms with Crippen LogP contribution in [-0.4, -0.2) is 37.3 Å². The van der Waals surface area contributed by atoms with E-state index in [0.29, 0.717) is 28.6 Å². The zero-order valence-electron chi connectivity index (χ0n) is 13.5. The average Bonchev–Trinajstić information content (AvgIpc) is 3.09. The van der Waals surface area contributed by atoms with Crippen LogP contribution in [0.25, 0.3) is 0 Å². The molecule has 1 aliphatic heterocycles. The minimum Gasteiger partial charge on any atom is -0.493 e. The molecule has 0 unspecified atom stereocenters. The van der Waals surface area contributed by atoms with Crippen LogP contribution >= 0.6 is 23.4 Å². The SMILES string of the molecule is COc1cccc([C@H]2SCCN2C(=O)c2cccc(Cl)c2)c1OC. The van der Waals surface area contributed by atoms with E-state index >= 15 is 0 Å². The Kier molecular flexibility index (Phi) is 5.21. The van der Waals surface area contributed by atoms with Gasteiger partial charge < -0.3 is 14.4 Å². The second-order valence-electron chi connectivity index (χ2n) is 5.31. The van der Waals surface area contributed by atoms with E-state index in [1.165, 1.54) is 0 Å². The van der Waals surface area contributed by atoms with Gasteiger partial charge in [0.05, 0.1) is 14.2 Å². The molecule has 24 heavy (non-hydrogen) atoms. The molecular weight excluding hydrogens is 346 g/mol. The summed E-state index contributed by atoms with van der Waals surface area (Å²) in [7, 11) is 3.22. The highest BCUT2D eigenvalue weighted by Crippen LogP contribution is 2.45. The molecule has 0 aliphatic carbocycles. The second-order valence-corrected chi connectivity index (χ2v) is 6.94. The summed E-state index contributed by atoms with van der Waals surface area (Å²) in [5.41, 5.74) is 1.53. The molecule has 0 N–H and O–H groups in total. The molecule has 1 heterocycles. The molecule has 126 valence electrons. The van der Waals surface area contributed by atoms with Crippen LogP contribution in [-0.2, 0) is 0 Å². The highest BCUT2D eigenvalue weighted by molar-refractivity contribution is 7.99. The van der Waals surface area contributed by atoms with E-state index in [0.717, 1.165) is 11.3 Å². The van der Waals surface area contributed by atoms with Gasteiger partial charge in [-0.3, -0.25) is 4.79 Å². The van der Waals surface area contributed by atoms with Crippen LogP contribution in [0.3, 0.4) is 0 Å². The molecule has 2 aromatic carbocycles. The van der Waals surface area contributed by atoms with Gasteiger partial charge in [-0.05, 0) is 24.3 Å². The maximum absolute atomic E-state index is 12.9. The number of amides is 1. The molecule has 1 atom stereocenters. The lowest BCUT2D eigenvalue weighted by molar-refractivity contribution is 0.0759. The van der Waals surface area contributed by atoms with Crippen LogP contribution < -0.4 is 9.47 Å². The van der Waals surface area contributed by atoms with Gasteiger partial charge in [-0.2, -0.15) is 0 Å². The fraction of sp³-hybridized carbons (Fsp3) is 0.278. The zero-order valence-corrected chi connectivity index (χ0v) is 15.1. The molecule has 1 fully saturated rings. The summed E-state index contributed by atoms with van der Waals surface area (Å²) in [6.07, 6.45) is 0. The summed E-state index contributed by atoms with van der Waals surface area (Å²) in [4.78, 5) is 14.8. The number of halogens is 1. The van der Waals surface area contributed by atoms with E-state index in [9.17, 15) is 4.79 Å². The standard InChI is InChI=1S/C18H18ClNO3S/c1-22-15-8-4-7-14(16(15)23-2)18-20(9-10-24-18)17(21)12-5-3-6-13(19)11-12/h3-8,11,18H,9-10H2,1-2H3/t18-/m1/s1. The maximum atomic E-state index is 12.9. The van der Waals surface area contributed by atoms with Crippen molar-refractivity contribution < 1.29 is 14.3 Å². The first-order valence-electron chi connectivity index (χ1n) is 7.54. The third kappa shape index (κ3) is 3.19. The Hall–Kier alpha value is -1.85. The van der Waals surface area contributed by atoms with Crippen LogP contribution in [0.2, 0.25) is 5.02 Å². The zero-order chi connectivity index (χ0) is 17.1. The van der Waals surface area contributed by atoms with Crippen molar-refractivity contribution in [3.8, 4) is 11.5 Å². The number of benzene rings is 2. The van der Waals surface area contributed by atoms with Crippen molar-refractivity contribution >= 4 is 29.3 Å². The third-order valence-electron chi connectivity index (χ3n) is 3.92. The van der Waals surface area contributed by atoms with Crippen molar-refractivity contribution in [3.05, 3.63) is 58.6 Å². The number of ether oxygens (including phenoxy) is 2. The molecule has 4 nitrogen and oxygen atoms in total. The molecule has 2 aromatic rings. The van der Waals surface area contributed by atoms with Crippen LogP contribution in [0.15, 0.2) is 42.5 Å². The normalized spacial score (nSPS) is 17.0. The van der Waals surface area contributed by atoms with Gasteiger partial charge >= 0.3 is 0 Å². The first-order valence-corrected chi connectivity index (χ1v) is 8.97. The summed E-state index contributed by atoms with van der Waals surface area (Å²) in [6, 6.07) is 12.8. The number of thioether (sulfide) groups is 1. The van der Waals surface area contributed by atoms with Gasteiger partial charge in [0, 0.05) is 28.4 Å². The average molecular weight is 364 g/mol. The van der Waals surface area contributed by atoms with Crippen molar-refractivity contribution in [1.82, 2.24) is 4.90 Å². The van der Waals surface area contributed by atoms with Crippen molar-refractivity contribution in [2.45, 2.75) is 5.37 Å². The third-order valence-corrected chi connectivity index (χ3v) is 5.40. The smallest absolute Gasteiger partial charge is 0.255 e. The number of carbonyl (C=O) groups excluding carboxylic acids is 1. The Morgan fingerprint density at radius 2 is 2.00 bits per heavy atom. The Bertz CT molecular complexity index is 753. The topological polar surface area (TPSA) is 38.8 Å². The number of methoxy groups -OCH3 is 2. The Morgan fingerprint density at radius 1 is 1.21 bits per heavy atom. The van der Waals surface area contributed by atoms with Crippen LogP contribution in [0, 0.1) is 0 Å². The van der Waals surface area contributed by atoms with E-state index < -0.39 is 0 Å². The summed E-state index contributed by atoms with van der Waals surface area (Å²) in [6.45, 7) is 0.682. The molecule has 0 spiro atoms. The summed E-state index contributed by atoms with van der Waals surface area (Å²) >= 11 is 7.74. The van der Waals surface area contributed by atoms with E-state index in [1.54, 1.807) is 50.2 Å². The minimum absolute atomic E-state index is 0.0302. The van der Waals surface area contributed by atoms with E-state index in [-0.39, 0.29) is 11.3 Å². The Morgan fingerprint density at radius 3 is 2.71 bits per heavy atom. The molecule has 0 aromatic heterocycles. The molecule has 0 bridgehead atoms. The summed E-state index contributed by atoms with van der Waals surface area (Å²) < 4.78 is 10.9. The largest absolute Gasteiger partial charge is 0.493 e. The highest BCUT2D eigenvalue weighted by atomic mass is 35.5. The minimum atomic E-state index is -0.110. The van der Waals surface area contributed by atoms with Crippen LogP contribution in [0.1, 0.15) is 21.3 Å². The molecule has 3 rings (SSSR count). The predicted octanol–water partition coefficient (Wildman–Crippen LogP) is 4.25. The van der Waals surface area contributed by atoms with Gasteiger partial charge in [0.1, 0.15) is 5.37 Å². The molecule has 1 saturated heterocycles. The van der Waals surface area contributed by atoms with Gasteiger partial charge in [-0.25, -0.2) is 0 Å². The summed E-state index contributed by atoms with van der Waals surface area (Å²) in [5, 5.41) is 0.449. The van der Waals surface area contributed by atoms with Gasteiger partial charge in [0.2, 0.25) is 0 Å². The quantitative estimate of drug-likeness (QED) is 0.814. The second kappa shape index (κ2) is 7.36. The fourth-order valence-electron chi connectivity index (χ4n) is 2.83. The van der Waals surface area contributed by atoms with Gasteiger partial charge in [-0.1, -0.05) is 29.8 Å². The number of carbonyl (C=O) groups is 1. The van der Waals surface area contributed by atoms with Crippen LogP contribution in [0.4, 0.5) is 0 Å². The highest BCUT2D eigenvalue weighted by Gasteiger charge is 2.33. The molecule has 1 aliphatic rings. The van der Waals surface area contributed by atoms with Crippen molar-refractivity contribution in [2.75, 3.05) is 26.5 Å². The van der Waals surface area contributed by atoms with Gasteiger partial charge in [-0.15, -0.1) is 11.8 Å². The number of hydrogen-bond donors (Lipinski definition) is 0. The van der Waals surface area contributed by atoms with Crippen molar-refractivity contribution in [1.29, 1.82) is 0 Å².